The number of para-hydroxylation sites is 4. The zero-order valence-electron chi connectivity index (χ0n) is 67.0. The van der Waals surface area contributed by atoms with Gasteiger partial charge >= 0.3 is 17.5 Å². The number of quaternary nitrogens is 1. The number of aromatic carboxylic acids is 1. The van der Waals surface area contributed by atoms with Gasteiger partial charge in [0.1, 0.15) is 21.1 Å². The number of carbonyl (C=O) groups excluding carboxylic acids is 1. The SMILES string of the molecule is C.C.CC(C)(C)C(=O)CC#N.CC(C)(C)c1cc2[nH]c(=O)c3ccccc3n2n1.CC(C)(C)c1cc2[nH]c(=O)c3ccccc3n2n1.Cl.Cl.O.[C-]#[N+]c1cnn(-c2ccc(S(=O)(=O)O)cc2S(=O)(=O)O)c1N=Nc1c(C(C)(C)C)nn2c1[nH]c(=O)c1ccccc12.[C-]#[N+]c1cnn(-c2ccc(S(=O)(=O)O)cc2S(=O)(=O)O)c1[N+]#N.[NH3+]Nc1ccccc1C(=O)O. The van der Waals surface area contributed by atoms with Crippen molar-refractivity contribution < 1.29 is 77.9 Å². The fourth-order valence-corrected chi connectivity index (χ4v) is 13.7. The van der Waals surface area contributed by atoms with Gasteiger partial charge < -0.3 is 25.5 Å². The van der Waals surface area contributed by atoms with Gasteiger partial charge in [0.2, 0.25) is 0 Å². The van der Waals surface area contributed by atoms with Crippen LogP contribution in [0.1, 0.15) is 132 Å². The van der Waals surface area contributed by atoms with Crippen LogP contribution >= 0.6 is 24.8 Å². The van der Waals surface area contributed by atoms with Gasteiger partial charge in [0.15, 0.2) is 28.6 Å². The summed E-state index contributed by atoms with van der Waals surface area (Å²) in [4.78, 5) is 72.3. The molecule has 0 atom stereocenters. The van der Waals surface area contributed by atoms with Crippen LogP contribution < -0.4 is 27.9 Å². The van der Waals surface area contributed by atoms with Crippen LogP contribution in [0.2, 0.25) is 0 Å². The first-order valence-corrected chi connectivity index (χ1v) is 40.8. The molecule has 14 N–H and O–H groups in total. The molecule has 8 aromatic heterocycles. The number of hydrogen-bond acceptors (Lipinski definition) is 23. The number of carbonyl (C=O) groups is 2. The van der Waals surface area contributed by atoms with Crippen molar-refractivity contribution in [3.05, 3.63) is 240 Å². The second kappa shape index (κ2) is 40.1. The number of ketones is 1. The second-order valence-corrected chi connectivity index (χ2v) is 35.6. The summed E-state index contributed by atoms with van der Waals surface area (Å²) in [6.07, 6.45) is 2.08. The molecular weight excluding hydrogens is 1750 g/mol. The maximum Gasteiger partial charge on any atom is 0.460 e. The predicted molar refractivity (Wildman–Crippen MR) is 470 cm³/mol. The van der Waals surface area contributed by atoms with Crippen LogP contribution in [-0.2, 0) is 61.5 Å². The van der Waals surface area contributed by atoms with E-state index in [0.29, 0.717) is 49.9 Å². The van der Waals surface area contributed by atoms with Gasteiger partial charge in [-0.25, -0.2) is 38.1 Å². The minimum atomic E-state index is -5.06. The van der Waals surface area contributed by atoms with E-state index >= 15 is 0 Å². The number of carboxylic acids is 1. The van der Waals surface area contributed by atoms with Crippen molar-refractivity contribution in [1.82, 2.24) is 63.4 Å². The van der Waals surface area contributed by atoms with Crippen LogP contribution in [0.15, 0.2) is 202 Å². The number of benzene rings is 6. The van der Waals surface area contributed by atoms with Crippen molar-refractivity contribution in [1.29, 1.82) is 10.7 Å². The van der Waals surface area contributed by atoms with E-state index in [1.165, 1.54) is 10.6 Å². The molecule has 125 heavy (non-hydrogen) atoms. The van der Waals surface area contributed by atoms with E-state index in [1.54, 1.807) is 51.5 Å². The van der Waals surface area contributed by atoms with Crippen molar-refractivity contribution in [3.8, 4) is 17.4 Å². The summed E-state index contributed by atoms with van der Waals surface area (Å²) in [5.74, 6) is 1.75. The van der Waals surface area contributed by atoms with Gasteiger partial charge in [-0.1, -0.05) is 156 Å². The molecule has 41 nitrogen and oxygen atoms in total. The van der Waals surface area contributed by atoms with E-state index in [2.05, 4.69) is 118 Å². The molecule has 6 aromatic carbocycles. The molecule has 0 saturated heterocycles. The number of nitrogens with zero attached hydrogens (tertiary/aromatic N) is 17. The van der Waals surface area contributed by atoms with Crippen LogP contribution in [0.5, 0.6) is 0 Å². The average molecular weight is 1840 g/mol. The van der Waals surface area contributed by atoms with Gasteiger partial charge in [-0.2, -0.15) is 59.3 Å². The summed E-state index contributed by atoms with van der Waals surface area (Å²) in [6, 6.07) is 38.8. The third kappa shape index (κ3) is 23.6. The van der Waals surface area contributed by atoms with Gasteiger partial charge in [0.05, 0.1) is 120 Å². The van der Waals surface area contributed by atoms with Gasteiger partial charge in [-0.3, -0.25) is 43.2 Å². The smallest absolute Gasteiger partial charge is 0.460 e. The number of hydrogen-bond donors (Lipinski definition) is 10. The van der Waals surface area contributed by atoms with Crippen molar-refractivity contribution in [3.63, 3.8) is 0 Å². The summed E-state index contributed by atoms with van der Waals surface area (Å²) in [7, 11) is -19.5. The molecule has 14 aromatic rings. The minimum Gasteiger partial charge on any atom is -0.478 e. The lowest BCUT2D eigenvalue weighted by molar-refractivity contribution is -0.325. The highest BCUT2D eigenvalue weighted by molar-refractivity contribution is 7.87. The Hall–Kier alpha value is -13.7. The second-order valence-electron chi connectivity index (χ2n) is 30.0. The third-order valence-corrected chi connectivity index (χ3v) is 20.8. The molecule has 0 amide bonds. The van der Waals surface area contributed by atoms with E-state index in [1.807, 2.05) is 108 Å². The van der Waals surface area contributed by atoms with Crippen LogP contribution in [-0.4, -0.2) is 138 Å². The van der Waals surface area contributed by atoms with Crippen molar-refractivity contribution in [2.24, 2.45) is 15.6 Å². The number of azo groups is 1. The summed E-state index contributed by atoms with van der Waals surface area (Å²) in [5, 5.41) is 57.4. The van der Waals surface area contributed by atoms with Crippen LogP contribution in [0.25, 0.3) is 75.7 Å². The van der Waals surface area contributed by atoms with Crippen LogP contribution in [0.3, 0.4) is 0 Å². The summed E-state index contributed by atoms with van der Waals surface area (Å²) in [6.45, 7) is 38.1. The normalized spacial score (nSPS) is 11.5. The Labute approximate surface area is 726 Å². The van der Waals surface area contributed by atoms with Crippen molar-refractivity contribution in [2.75, 3.05) is 5.43 Å². The Bertz CT molecular complexity index is 7210. The molecule has 0 unspecified atom stereocenters. The molecule has 47 heteroatoms. The lowest BCUT2D eigenvalue weighted by Crippen LogP contribution is -2.56. The maximum atomic E-state index is 12.8. The molecule has 660 valence electrons. The lowest BCUT2D eigenvalue weighted by Gasteiger charge is -2.15. The zero-order valence-corrected chi connectivity index (χ0v) is 71.9. The Morgan fingerprint density at radius 2 is 0.944 bits per heavy atom. The fraction of sp³-hybridized carbons (Fsp3) is 0.244. The van der Waals surface area contributed by atoms with Gasteiger partial charge in [0.25, 0.3) is 62.8 Å². The third-order valence-electron chi connectivity index (χ3n) is 17.3. The monoisotopic (exact) mass is 1830 g/mol. The molecule has 14 rings (SSSR count). The first-order chi connectivity index (χ1) is 55.9. The highest BCUT2D eigenvalue weighted by atomic mass is 35.5. The van der Waals surface area contributed by atoms with Crippen LogP contribution in [0, 0.1) is 35.3 Å². The summed E-state index contributed by atoms with van der Waals surface area (Å²) >= 11 is 0. The van der Waals surface area contributed by atoms with Crippen molar-refractivity contribution >= 4 is 161 Å². The molecule has 0 bridgehead atoms. The van der Waals surface area contributed by atoms with Gasteiger partial charge in [-0.15, -0.1) is 35.0 Å². The molecule has 0 spiro atoms. The molecule has 0 aliphatic rings. The lowest BCUT2D eigenvalue weighted by atomic mass is 9.89. The number of aromatic nitrogens is 13. The molecule has 0 radical (unpaired) electrons. The highest BCUT2D eigenvalue weighted by Gasteiger charge is 2.33. The number of anilines is 1. The quantitative estimate of drug-likeness (QED) is 0.0189. The van der Waals surface area contributed by atoms with E-state index in [0.717, 1.165) is 75.1 Å². The fourth-order valence-electron chi connectivity index (χ4n) is 11.1. The largest absolute Gasteiger partial charge is 0.478 e. The Balaban J connectivity index is 0.000000335. The maximum absolute atomic E-state index is 12.8. The number of diazo groups is 1. The molecule has 0 aliphatic heterocycles. The van der Waals surface area contributed by atoms with E-state index in [4.69, 9.17) is 33.5 Å². The van der Waals surface area contributed by atoms with Gasteiger partial charge in [-0.05, 0) is 84.9 Å². The highest BCUT2D eigenvalue weighted by Crippen LogP contribution is 2.40. The number of H-pyrrole nitrogens is 3. The summed E-state index contributed by atoms with van der Waals surface area (Å²) in [5.41, 5.74) is 7.05. The first-order valence-electron chi connectivity index (χ1n) is 35.1. The Morgan fingerprint density at radius 1 is 0.544 bits per heavy atom. The number of rotatable bonds is 11. The number of nitriles is 1. The topological polar surface area (TPSA) is 615 Å². The Kier molecular flexibility index (Phi) is 33.3. The number of fused-ring (bicyclic) bond motifs is 9. The number of Topliss-reactive ketones (excluding diaryl/α,β-unsaturated/α-hetero) is 1. The number of carboxylic acid groups (broad SMARTS) is 1. The number of aromatic amines is 3. The van der Waals surface area contributed by atoms with E-state index < -0.39 is 82.8 Å². The van der Waals surface area contributed by atoms with Gasteiger partial charge in [0, 0.05) is 38.8 Å². The van der Waals surface area contributed by atoms with Crippen molar-refractivity contribution in [2.45, 2.75) is 140 Å². The molecule has 0 saturated carbocycles. The number of nitrogens with one attached hydrogen (secondary N) is 4. The standard InChI is InChI=1S/C24H20N8O7S2.2C14H15N3O.C10H5N5O6S2.C7H8N2O2.C7H11NO.2CH4.2ClH.H2O/c1-24(2,3)20-19(22-27-23(33)14-7-5-6-8-16(14)32(22)30-20)28-29-21-15(25-4)12-26-31(21)17-10-9-13(40(34,35)36)11-18(17)41(37,38)39;2*1-14(2,3)11-8-12-15-13(18)9-6-4-5-7-10(9)17(12)16-11;1-12-7-5-13-15(10(7)14-11)8-3-2-6(22(16,17)18)4-9(8)23(19,20)21;8-9-6-4-2-1-3-5(6)7(10)11;1-7(2,3)6(9)4-5-8;;;;;/h5-12H,1-3H3,(H,27,33)(H,34,35,36)(H,37,38,39);2*4-8H,1-3H3,(H,15,18);2-5H,(H-,16,17,18,19,20,21);1-4,9H,8H2,(H,10,11);4H2,1-3H3;2*1H4;2*1H;1H2/p+2. The molecule has 0 aliphatic carbocycles. The zero-order chi connectivity index (χ0) is 88.9. The average Bonchev–Trinajstić information content (AvgIpc) is 1.56. The Morgan fingerprint density at radius 3 is 1.31 bits per heavy atom. The molecular formula is C78H88Cl2N22O19S4+2. The molecule has 0 fully saturated rings. The predicted octanol–water partition coefficient (Wildman–Crippen LogP) is 13.2. The van der Waals surface area contributed by atoms with Crippen LogP contribution in [0.4, 0.5) is 34.4 Å². The first kappa shape index (κ1) is 104. The van der Waals surface area contributed by atoms with E-state index in [9.17, 15) is 71.3 Å². The summed E-state index contributed by atoms with van der Waals surface area (Å²) < 4.78 is 137. The minimum absolute atomic E-state index is 0. The number of halogens is 2. The molecule has 8 heterocycles. The van der Waals surface area contributed by atoms with E-state index in [-0.39, 0.29) is 130 Å².